The average molecular weight is 401 g/mol. The number of carbonyl (C=O) groups excluding carboxylic acids is 1. The number of nitrogens with one attached hydrogen (secondary N) is 1. The third-order valence-corrected chi connectivity index (χ3v) is 5.54. The fraction of sp³-hybridized carbons (Fsp3) is 0.200. The van der Waals surface area contributed by atoms with Crippen molar-refractivity contribution in [2.45, 2.75) is 11.3 Å². The van der Waals surface area contributed by atoms with E-state index in [9.17, 15) is 4.79 Å². The second-order valence-electron chi connectivity index (χ2n) is 5.47. The number of ether oxygens (including phenoxy) is 2. The number of thioether (sulfide) groups is 1. The van der Waals surface area contributed by atoms with Crippen LogP contribution in [0.4, 0.5) is 5.00 Å². The van der Waals surface area contributed by atoms with Gasteiger partial charge in [-0.1, -0.05) is 53.4 Å². The van der Waals surface area contributed by atoms with Crippen molar-refractivity contribution >= 4 is 34.0 Å². The molecule has 0 fully saturated rings. The number of hydrogen-bond donors (Lipinski definition) is 1. The lowest BCUT2D eigenvalue weighted by atomic mass is 10.2. The molecule has 27 heavy (non-hydrogen) atoms. The highest BCUT2D eigenvalue weighted by molar-refractivity contribution is 8.00. The zero-order valence-corrected chi connectivity index (χ0v) is 16.7. The summed E-state index contributed by atoms with van der Waals surface area (Å²) >= 11 is 3.01. The minimum Gasteiger partial charge on any atom is -0.494 e. The van der Waals surface area contributed by atoms with Crippen LogP contribution in [-0.4, -0.2) is 30.4 Å². The van der Waals surface area contributed by atoms with Crippen LogP contribution in [-0.2, 0) is 4.79 Å². The third-order valence-electron chi connectivity index (χ3n) is 3.59. The second-order valence-corrected chi connectivity index (χ2v) is 7.52. The fourth-order valence-electron chi connectivity index (χ4n) is 2.37. The number of hydrogen-bond acceptors (Lipinski definition) is 6. The minimum absolute atomic E-state index is 0.0747. The van der Waals surface area contributed by atoms with Crippen LogP contribution < -0.4 is 14.8 Å². The van der Waals surface area contributed by atoms with Crippen LogP contribution in [0.25, 0.3) is 11.3 Å². The first kappa shape index (κ1) is 19.3. The zero-order valence-electron chi connectivity index (χ0n) is 15.1. The van der Waals surface area contributed by atoms with E-state index in [4.69, 9.17) is 9.47 Å². The van der Waals surface area contributed by atoms with Crippen molar-refractivity contribution in [3.63, 3.8) is 0 Å². The van der Waals surface area contributed by atoms with Crippen molar-refractivity contribution in [3.05, 3.63) is 54.6 Å². The maximum atomic E-state index is 12.3. The van der Waals surface area contributed by atoms with Gasteiger partial charge in [0.05, 0.1) is 6.61 Å². The number of benzene rings is 2. The first-order valence-corrected chi connectivity index (χ1v) is 10.5. The van der Waals surface area contributed by atoms with Gasteiger partial charge >= 0.3 is 0 Å². The summed E-state index contributed by atoms with van der Waals surface area (Å²) in [4.78, 5) is 17.0. The van der Waals surface area contributed by atoms with Crippen molar-refractivity contribution in [1.82, 2.24) is 4.98 Å². The van der Waals surface area contributed by atoms with Gasteiger partial charge in [-0.15, -0.1) is 0 Å². The Morgan fingerprint density at radius 3 is 2.37 bits per heavy atom. The quantitative estimate of drug-likeness (QED) is 0.542. The van der Waals surface area contributed by atoms with Crippen LogP contribution in [0.1, 0.15) is 6.92 Å². The fourth-order valence-corrected chi connectivity index (χ4v) is 3.88. The Labute approximate surface area is 166 Å². The van der Waals surface area contributed by atoms with Crippen LogP contribution in [0.3, 0.4) is 0 Å². The smallest absolute Gasteiger partial charge is 0.262 e. The molecule has 1 aromatic heterocycles. The van der Waals surface area contributed by atoms with E-state index in [1.807, 2.05) is 55.6 Å². The number of thiazole rings is 1. The number of anilines is 1. The highest BCUT2D eigenvalue weighted by Gasteiger charge is 2.15. The van der Waals surface area contributed by atoms with Gasteiger partial charge in [-0.3, -0.25) is 4.79 Å². The molecule has 7 heteroatoms. The van der Waals surface area contributed by atoms with Gasteiger partial charge in [0.1, 0.15) is 22.2 Å². The molecule has 0 saturated heterocycles. The van der Waals surface area contributed by atoms with Crippen molar-refractivity contribution in [1.29, 1.82) is 0 Å². The van der Waals surface area contributed by atoms with Gasteiger partial charge in [-0.2, -0.15) is 0 Å². The minimum atomic E-state index is -0.225. The van der Waals surface area contributed by atoms with E-state index >= 15 is 0 Å². The molecule has 140 valence electrons. The highest BCUT2D eigenvalue weighted by Crippen LogP contribution is 2.36. The Hall–Kier alpha value is -2.51. The van der Waals surface area contributed by atoms with Gasteiger partial charge in [0.2, 0.25) is 0 Å². The number of nitrogens with zero attached hydrogens (tertiary/aromatic N) is 1. The molecule has 0 bridgehead atoms. The highest BCUT2D eigenvalue weighted by atomic mass is 32.2. The summed E-state index contributed by atoms with van der Waals surface area (Å²) in [5.41, 5.74) is 1.75. The van der Waals surface area contributed by atoms with Crippen LogP contribution in [0.15, 0.2) is 58.9 Å². The number of amides is 1. The monoisotopic (exact) mass is 400 g/mol. The molecule has 0 atom stereocenters. The van der Waals surface area contributed by atoms with E-state index in [0.29, 0.717) is 12.4 Å². The van der Waals surface area contributed by atoms with Crippen LogP contribution in [0.5, 0.6) is 11.5 Å². The van der Waals surface area contributed by atoms with E-state index in [2.05, 4.69) is 10.3 Å². The number of carbonyl (C=O) groups is 1. The SMILES string of the molecule is CCOc1ccc(OCC(=O)Nc2sc(SC)nc2-c2ccccc2)cc1. The molecular weight excluding hydrogens is 380 g/mol. The van der Waals surface area contributed by atoms with Crippen LogP contribution in [0.2, 0.25) is 0 Å². The molecule has 0 aliphatic rings. The molecule has 0 saturated carbocycles. The summed E-state index contributed by atoms with van der Waals surface area (Å²) in [6, 6.07) is 17.0. The molecule has 1 N–H and O–H groups in total. The summed E-state index contributed by atoms with van der Waals surface area (Å²) in [7, 11) is 0. The molecule has 1 heterocycles. The van der Waals surface area contributed by atoms with Gasteiger partial charge in [0.15, 0.2) is 10.9 Å². The van der Waals surface area contributed by atoms with Crippen molar-refractivity contribution < 1.29 is 14.3 Å². The van der Waals surface area contributed by atoms with Crippen molar-refractivity contribution in [2.24, 2.45) is 0 Å². The Bertz CT molecular complexity index is 880. The van der Waals surface area contributed by atoms with Crippen molar-refractivity contribution in [3.8, 4) is 22.8 Å². The van der Waals surface area contributed by atoms with E-state index in [-0.39, 0.29) is 12.5 Å². The first-order valence-electron chi connectivity index (χ1n) is 8.45. The average Bonchev–Trinajstić information content (AvgIpc) is 3.11. The van der Waals surface area contributed by atoms with E-state index in [1.54, 1.807) is 23.9 Å². The molecule has 2 aromatic carbocycles. The standard InChI is InChI=1S/C20H20N2O3S2/c1-3-24-15-9-11-16(12-10-15)25-13-17(23)21-19-18(22-20(26-2)27-19)14-7-5-4-6-8-14/h4-12H,3,13H2,1-2H3,(H,21,23). The zero-order chi connectivity index (χ0) is 19.1. The maximum absolute atomic E-state index is 12.3. The molecule has 0 spiro atoms. The largest absolute Gasteiger partial charge is 0.494 e. The summed E-state index contributed by atoms with van der Waals surface area (Å²) in [6.45, 7) is 2.47. The lowest BCUT2D eigenvalue weighted by molar-refractivity contribution is -0.118. The molecular formula is C20H20N2O3S2. The molecule has 3 rings (SSSR count). The maximum Gasteiger partial charge on any atom is 0.262 e. The topological polar surface area (TPSA) is 60.5 Å². The van der Waals surface area contributed by atoms with Gasteiger partial charge in [0, 0.05) is 5.56 Å². The van der Waals surface area contributed by atoms with Crippen molar-refractivity contribution in [2.75, 3.05) is 24.8 Å². The second kappa shape index (κ2) is 9.43. The molecule has 0 radical (unpaired) electrons. The van der Waals surface area contributed by atoms with E-state index in [0.717, 1.165) is 26.3 Å². The Morgan fingerprint density at radius 2 is 1.74 bits per heavy atom. The van der Waals surface area contributed by atoms with Gasteiger partial charge in [-0.25, -0.2) is 4.98 Å². The third kappa shape index (κ3) is 5.24. The van der Waals surface area contributed by atoms with Crippen LogP contribution >= 0.6 is 23.1 Å². The summed E-state index contributed by atoms with van der Waals surface area (Å²) in [5, 5.41) is 3.65. The van der Waals surface area contributed by atoms with E-state index in [1.165, 1.54) is 11.3 Å². The number of aromatic nitrogens is 1. The summed E-state index contributed by atoms with van der Waals surface area (Å²) < 4.78 is 11.9. The molecule has 0 aliphatic heterocycles. The Morgan fingerprint density at radius 1 is 1.07 bits per heavy atom. The molecule has 0 aliphatic carbocycles. The van der Waals surface area contributed by atoms with Gasteiger partial charge in [0.25, 0.3) is 5.91 Å². The molecule has 0 unspecified atom stereocenters. The van der Waals surface area contributed by atoms with E-state index < -0.39 is 0 Å². The summed E-state index contributed by atoms with van der Waals surface area (Å²) in [6.07, 6.45) is 1.97. The van der Waals surface area contributed by atoms with Gasteiger partial charge < -0.3 is 14.8 Å². The van der Waals surface area contributed by atoms with Gasteiger partial charge in [-0.05, 0) is 37.4 Å². The molecule has 1 amide bonds. The molecule has 3 aromatic rings. The lowest BCUT2D eigenvalue weighted by Crippen LogP contribution is -2.19. The predicted octanol–water partition coefficient (Wildman–Crippen LogP) is 4.95. The van der Waals surface area contributed by atoms with Crippen LogP contribution in [0, 0.1) is 0 Å². The summed E-state index contributed by atoms with van der Waals surface area (Å²) in [5.74, 6) is 1.17. The predicted molar refractivity (Wildman–Crippen MR) is 111 cm³/mol. The number of rotatable bonds is 8. The molecule has 5 nitrogen and oxygen atoms in total. The Balaban J connectivity index is 1.64. The Kier molecular flexibility index (Phi) is 6.73. The normalized spacial score (nSPS) is 10.4. The first-order chi connectivity index (χ1) is 13.2. The lowest BCUT2D eigenvalue weighted by Gasteiger charge is -2.08.